The minimum absolute atomic E-state index is 0.248. The van der Waals surface area contributed by atoms with Crippen molar-refractivity contribution in [3.8, 4) is 0 Å². The summed E-state index contributed by atoms with van der Waals surface area (Å²) in [7, 11) is 0. The summed E-state index contributed by atoms with van der Waals surface area (Å²) in [5.74, 6) is 0.709. The molecule has 4 N–H and O–H groups in total. The third-order valence-electron chi connectivity index (χ3n) is 2.41. The van der Waals surface area contributed by atoms with Crippen LogP contribution in [0.4, 0.5) is 5.69 Å². The molecule has 0 aliphatic carbocycles. The van der Waals surface area contributed by atoms with Crippen molar-refractivity contribution < 1.29 is 0 Å². The van der Waals surface area contributed by atoms with Gasteiger partial charge in [0.25, 0.3) is 0 Å². The highest BCUT2D eigenvalue weighted by Gasteiger charge is 1.98. The molecule has 5 heteroatoms. The first-order valence-electron chi connectivity index (χ1n) is 5.22. The van der Waals surface area contributed by atoms with E-state index in [1.165, 1.54) is 5.56 Å². The summed E-state index contributed by atoms with van der Waals surface area (Å²) in [6.45, 7) is 0. The Kier molecular flexibility index (Phi) is 3.05. The smallest absolute Gasteiger partial charge is 0.340 e. The van der Waals surface area contributed by atoms with Crippen molar-refractivity contribution in [2.24, 2.45) is 0 Å². The topological polar surface area (TPSA) is 87.6 Å². The number of nitrogen functional groups attached to an aromatic ring is 1. The lowest BCUT2D eigenvalue weighted by Crippen LogP contribution is -2.01. The minimum atomic E-state index is -0.248. The largest absolute Gasteiger partial charge is 0.399 e. The van der Waals surface area contributed by atoms with Crippen LogP contribution in [0.3, 0.4) is 0 Å². The quantitative estimate of drug-likeness (QED) is 0.665. The van der Waals surface area contributed by atoms with E-state index in [4.69, 9.17) is 5.73 Å². The average molecular weight is 218 g/mol. The first-order chi connectivity index (χ1) is 7.74. The van der Waals surface area contributed by atoms with E-state index in [2.05, 4.69) is 15.2 Å². The zero-order valence-corrected chi connectivity index (χ0v) is 8.86. The number of H-pyrrole nitrogens is 2. The Morgan fingerprint density at radius 3 is 2.56 bits per heavy atom. The van der Waals surface area contributed by atoms with Gasteiger partial charge in [-0.1, -0.05) is 12.1 Å². The van der Waals surface area contributed by atoms with Crippen LogP contribution in [0.25, 0.3) is 0 Å². The number of aryl methyl sites for hydroxylation is 2. The minimum Gasteiger partial charge on any atom is -0.399 e. The van der Waals surface area contributed by atoms with E-state index >= 15 is 0 Å². The zero-order chi connectivity index (χ0) is 11.4. The molecule has 84 valence electrons. The molecule has 0 saturated heterocycles. The Morgan fingerprint density at radius 2 is 1.94 bits per heavy atom. The Hall–Kier alpha value is -2.04. The Labute approximate surface area is 92.7 Å². The number of nitrogens with one attached hydrogen (secondary N) is 2. The van der Waals surface area contributed by atoms with Crippen LogP contribution in [-0.2, 0) is 12.8 Å². The molecule has 0 amide bonds. The predicted octanol–water partition coefficient (Wildman–Crippen LogP) is 0.855. The van der Waals surface area contributed by atoms with E-state index in [0.717, 1.165) is 24.9 Å². The lowest BCUT2D eigenvalue weighted by molar-refractivity contribution is 0.775. The molecule has 1 aromatic heterocycles. The van der Waals surface area contributed by atoms with Crippen molar-refractivity contribution in [1.82, 2.24) is 15.2 Å². The van der Waals surface area contributed by atoms with Crippen LogP contribution in [0.1, 0.15) is 17.8 Å². The fraction of sp³-hybridized carbons (Fsp3) is 0.273. The van der Waals surface area contributed by atoms with Crippen molar-refractivity contribution in [3.63, 3.8) is 0 Å². The number of nitrogens with zero attached hydrogens (tertiary/aromatic N) is 1. The van der Waals surface area contributed by atoms with Gasteiger partial charge in [0, 0.05) is 12.1 Å². The Bertz CT molecular complexity index is 497. The fourth-order valence-corrected chi connectivity index (χ4v) is 1.57. The van der Waals surface area contributed by atoms with Gasteiger partial charge in [-0.15, -0.1) is 0 Å². The number of anilines is 1. The van der Waals surface area contributed by atoms with Crippen molar-refractivity contribution in [2.75, 3.05) is 5.73 Å². The van der Waals surface area contributed by atoms with Crippen LogP contribution < -0.4 is 11.4 Å². The van der Waals surface area contributed by atoms with E-state index in [9.17, 15) is 4.79 Å². The van der Waals surface area contributed by atoms with Crippen molar-refractivity contribution in [3.05, 3.63) is 46.1 Å². The van der Waals surface area contributed by atoms with Crippen molar-refractivity contribution >= 4 is 5.69 Å². The highest BCUT2D eigenvalue weighted by molar-refractivity contribution is 5.39. The van der Waals surface area contributed by atoms with Gasteiger partial charge in [0.1, 0.15) is 5.82 Å². The molecule has 16 heavy (non-hydrogen) atoms. The molecule has 1 aromatic carbocycles. The van der Waals surface area contributed by atoms with Gasteiger partial charge >= 0.3 is 5.69 Å². The van der Waals surface area contributed by atoms with Crippen LogP contribution >= 0.6 is 0 Å². The van der Waals surface area contributed by atoms with Crippen molar-refractivity contribution in [2.45, 2.75) is 19.3 Å². The van der Waals surface area contributed by atoms with Gasteiger partial charge in [0.15, 0.2) is 0 Å². The second kappa shape index (κ2) is 4.65. The fourth-order valence-electron chi connectivity index (χ4n) is 1.57. The van der Waals surface area contributed by atoms with Gasteiger partial charge < -0.3 is 5.73 Å². The molecule has 2 rings (SSSR count). The molecule has 0 atom stereocenters. The molecule has 0 saturated carbocycles. The maximum absolute atomic E-state index is 10.8. The number of rotatable bonds is 4. The van der Waals surface area contributed by atoms with E-state index in [-0.39, 0.29) is 5.69 Å². The number of aromatic amines is 2. The molecule has 0 radical (unpaired) electrons. The summed E-state index contributed by atoms with van der Waals surface area (Å²) in [6.07, 6.45) is 2.67. The van der Waals surface area contributed by atoms with Crippen LogP contribution in [-0.4, -0.2) is 15.2 Å². The van der Waals surface area contributed by atoms with E-state index in [1.807, 2.05) is 24.3 Å². The summed E-state index contributed by atoms with van der Waals surface area (Å²) in [5.41, 5.74) is 7.37. The summed E-state index contributed by atoms with van der Waals surface area (Å²) in [4.78, 5) is 13.4. The molecule has 0 unspecified atom stereocenters. The van der Waals surface area contributed by atoms with Gasteiger partial charge in [-0.05, 0) is 30.5 Å². The maximum atomic E-state index is 10.8. The van der Waals surface area contributed by atoms with Crippen molar-refractivity contribution in [1.29, 1.82) is 0 Å². The third kappa shape index (κ3) is 2.73. The standard InChI is InChI=1S/C11H14N4O/c12-9-6-4-8(5-7-9)2-1-3-10-13-11(16)15-14-10/h4-7H,1-3,12H2,(H2,13,14,15,16). The molecule has 0 aliphatic heterocycles. The van der Waals surface area contributed by atoms with Gasteiger partial charge in [0.2, 0.25) is 0 Å². The second-order valence-corrected chi connectivity index (χ2v) is 3.72. The molecule has 2 aromatic rings. The Morgan fingerprint density at radius 1 is 1.19 bits per heavy atom. The van der Waals surface area contributed by atoms with Gasteiger partial charge in [0.05, 0.1) is 0 Å². The summed E-state index contributed by atoms with van der Waals surface area (Å²) >= 11 is 0. The monoisotopic (exact) mass is 218 g/mol. The lowest BCUT2D eigenvalue weighted by atomic mass is 10.1. The SMILES string of the molecule is Nc1ccc(CCCc2n[nH]c(=O)[nH]2)cc1. The van der Waals surface area contributed by atoms with E-state index < -0.39 is 0 Å². The van der Waals surface area contributed by atoms with Gasteiger partial charge in [-0.3, -0.25) is 4.98 Å². The van der Waals surface area contributed by atoms with E-state index in [0.29, 0.717) is 5.82 Å². The highest BCUT2D eigenvalue weighted by atomic mass is 16.1. The predicted molar refractivity (Wildman–Crippen MR) is 62.1 cm³/mol. The number of hydrogen-bond acceptors (Lipinski definition) is 3. The summed E-state index contributed by atoms with van der Waals surface area (Å²) in [6, 6.07) is 7.82. The van der Waals surface area contributed by atoms with Crippen LogP contribution in [0, 0.1) is 0 Å². The van der Waals surface area contributed by atoms with Gasteiger partial charge in [-0.2, -0.15) is 5.10 Å². The number of nitrogens with two attached hydrogens (primary N) is 1. The molecule has 0 bridgehead atoms. The number of benzene rings is 1. The van der Waals surface area contributed by atoms with Crippen LogP contribution in [0.2, 0.25) is 0 Å². The van der Waals surface area contributed by atoms with Crippen LogP contribution in [0.5, 0.6) is 0 Å². The summed E-state index contributed by atoms with van der Waals surface area (Å²) in [5, 5.41) is 6.20. The average Bonchev–Trinajstić information content (AvgIpc) is 2.67. The highest BCUT2D eigenvalue weighted by Crippen LogP contribution is 2.08. The second-order valence-electron chi connectivity index (χ2n) is 3.72. The number of aromatic nitrogens is 3. The molecule has 5 nitrogen and oxygen atoms in total. The first kappa shape index (κ1) is 10.5. The first-order valence-corrected chi connectivity index (χ1v) is 5.22. The molecular formula is C11H14N4O. The Balaban J connectivity index is 1.84. The van der Waals surface area contributed by atoms with E-state index in [1.54, 1.807) is 0 Å². The summed E-state index contributed by atoms with van der Waals surface area (Å²) < 4.78 is 0. The third-order valence-corrected chi connectivity index (χ3v) is 2.41. The normalized spacial score (nSPS) is 10.5. The number of hydrogen-bond donors (Lipinski definition) is 3. The maximum Gasteiger partial charge on any atom is 0.340 e. The van der Waals surface area contributed by atoms with Gasteiger partial charge in [-0.25, -0.2) is 9.89 Å². The molecule has 0 aliphatic rings. The lowest BCUT2D eigenvalue weighted by Gasteiger charge is -2.00. The molecular weight excluding hydrogens is 204 g/mol. The van der Waals surface area contributed by atoms with Crippen LogP contribution in [0.15, 0.2) is 29.1 Å². The molecule has 0 fully saturated rings. The molecule has 0 spiro atoms. The molecule has 1 heterocycles. The zero-order valence-electron chi connectivity index (χ0n) is 8.86.